The van der Waals surface area contributed by atoms with E-state index in [4.69, 9.17) is 9.25 Å². The van der Waals surface area contributed by atoms with Crippen LogP contribution < -0.4 is 21.6 Å². The van der Waals surface area contributed by atoms with Crippen molar-refractivity contribution in [3.05, 3.63) is 24.3 Å². The van der Waals surface area contributed by atoms with Gasteiger partial charge >= 0.3 is 108 Å². The van der Waals surface area contributed by atoms with E-state index in [2.05, 4.69) is 11.0 Å². The van der Waals surface area contributed by atoms with E-state index in [0.29, 0.717) is 27.4 Å². The van der Waals surface area contributed by atoms with Crippen LogP contribution in [0.25, 0.3) is 10.8 Å². The molecular weight excluding hydrogens is 290 g/mol. The number of hydrogen-bond donors (Lipinski definition) is 5. The Morgan fingerprint density at radius 3 is 2.53 bits per heavy atom. The Labute approximate surface area is 109 Å². The van der Waals surface area contributed by atoms with Crippen molar-refractivity contribution in [2.24, 2.45) is 0 Å². The number of benzene rings is 2. The maximum atomic E-state index is 9.98. The van der Waals surface area contributed by atoms with Gasteiger partial charge in [0.15, 0.2) is 0 Å². The van der Waals surface area contributed by atoms with Crippen molar-refractivity contribution in [3.8, 4) is 0 Å². The molecule has 0 spiro atoms. The molecule has 0 radical (unpaired) electrons. The molecule has 2 aromatic rings. The van der Waals surface area contributed by atoms with Gasteiger partial charge in [-0.25, -0.2) is 0 Å². The Morgan fingerprint density at radius 1 is 1.00 bits per heavy atom. The third-order valence-electron chi connectivity index (χ3n) is 3.24. The first-order valence-corrected chi connectivity index (χ1v) is 8.50. The summed E-state index contributed by atoms with van der Waals surface area (Å²) in [5, 5.41) is 2.37. The molecule has 2 aliphatic heterocycles. The second-order valence-corrected chi connectivity index (χ2v) is 7.49. The molecule has 0 aromatic heterocycles. The van der Waals surface area contributed by atoms with Crippen molar-refractivity contribution in [1.29, 1.82) is 0 Å². The molecule has 0 amide bonds. The predicted octanol–water partition coefficient (Wildman–Crippen LogP) is 0.588. The summed E-state index contributed by atoms with van der Waals surface area (Å²) in [5.74, 6) is 0. The van der Waals surface area contributed by atoms with Crippen LogP contribution in [0.4, 0.5) is 11.4 Å². The fourth-order valence-electron chi connectivity index (χ4n) is 2.40. The van der Waals surface area contributed by atoms with Crippen LogP contribution in [-0.4, -0.2) is 14.7 Å². The number of nitrogens with one attached hydrogen (secondary N) is 2. The summed E-state index contributed by atoms with van der Waals surface area (Å²) in [6, 6.07) is 6.72. The average Bonchev–Trinajstić information content (AvgIpc) is 2.40. The van der Waals surface area contributed by atoms with Gasteiger partial charge in [-0.1, -0.05) is 0 Å². The number of hydrogen-bond acceptors (Lipinski definition) is 7. The minimum absolute atomic E-state index is 0.356. The van der Waals surface area contributed by atoms with E-state index < -0.39 is 16.3 Å². The molecule has 0 saturated heterocycles. The van der Waals surface area contributed by atoms with Crippen LogP contribution in [0.2, 0.25) is 0 Å². The SMILES string of the molecule is OP1ONc2ccc3c4c(ccc1c24)[PH](O)(O)ON3. The summed E-state index contributed by atoms with van der Waals surface area (Å²) >= 11 is 0. The molecule has 9 heteroatoms. The third-order valence-corrected chi connectivity index (χ3v) is 5.80. The van der Waals surface area contributed by atoms with Gasteiger partial charge in [-0.05, 0) is 0 Å². The van der Waals surface area contributed by atoms with Gasteiger partial charge in [-0.2, -0.15) is 0 Å². The number of anilines is 2. The van der Waals surface area contributed by atoms with Crippen molar-refractivity contribution in [3.63, 3.8) is 0 Å². The Bertz CT molecular complexity index is 708. The van der Waals surface area contributed by atoms with E-state index >= 15 is 0 Å². The normalized spacial score (nSPS) is 24.5. The standard InChI is InChI=1S/C10H10N2O5P2/c13-18-7-3-4-8-10-6(12-17-19(8,14)15)2-1-5(9(7)10)11-16-18/h1-4,11-15,19H. The summed E-state index contributed by atoms with van der Waals surface area (Å²) in [6.45, 7) is 0. The van der Waals surface area contributed by atoms with E-state index in [1.54, 1.807) is 24.3 Å². The van der Waals surface area contributed by atoms with E-state index in [9.17, 15) is 14.7 Å². The molecule has 0 aliphatic carbocycles. The molecule has 100 valence electrons. The zero-order valence-corrected chi connectivity index (χ0v) is 11.3. The molecule has 4 rings (SSSR count). The Morgan fingerprint density at radius 2 is 1.74 bits per heavy atom. The topological polar surface area (TPSA) is 103 Å². The fraction of sp³-hybridized carbons (Fsp3) is 0. The van der Waals surface area contributed by atoms with Gasteiger partial charge in [-0.3, -0.25) is 0 Å². The van der Waals surface area contributed by atoms with Gasteiger partial charge < -0.3 is 0 Å². The van der Waals surface area contributed by atoms with E-state index in [0.717, 1.165) is 5.39 Å². The molecular formula is C10H10N2O5P2. The predicted molar refractivity (Wildman–Crippen MR) is 74.5 cm³/mol. The average molecular weight is 300 g/mol. The van der Waals surface area contributed by atoms with E-state index in [1.807, 2.05) is 0 Å². The molecule has 1 atom stereocenters. The molecule has 0 bridgehead atoms. The van der Waals surface area contributed by atoms with Crippen LogP contribution in [0, 0.1) is 0 Å². The molecule has 19 heavy (non-hydrogen) atoms. The molecule has 2 aromatic carbocycles. The van der Waals surface area contributed by atoms with Gasteiger partial charge in [0.2, 0.25) is 0 Å². The monoisotopic (exact) mass is 300 g/mol. The second kappa shape index (κ2) is 3.75. The Hall–Kier alpha value is -1.04. The minimum atomic E-state index is -3.95. The van der Waals surface area contributed by atoms with Crippen LogP contribution in [0.3, 0.4) is 0 Å². The summed E-state index contributed by atoms with van der Waals surface area (Å²) in [5.41, 5.74) is 6.53. The van der Waals surface area contributed by atoms with Gasteiger partial charge in [0.05, 0.1) is 0 Å². The van der Waals surface area contributed by atoms with Crippen LogP contribution in [0.1, 0.15) is 0 Å². The van der Waals surface area contributed by atoms with Gasteiger partial charge in [0.25, 0.3) is 0 Å². The van der Waals surface area contributed by atoms with E-state index in [1.165, 1.54) is 0 Å². The van der Waals surface area contributed by atoms with Crippen LogP contribution in [0.15, 0.2) is 24.3 Å². The third kappa shape index (κ3) is 1.52. The van der Waals surface area contributed by atoms with E-state index in [-0.39, 0.29) is 0 Å². The molecule has 7 nitrogen and oxygen atoms in total. The summed E-state index contributed by atoms with van der Waals surface area (Å²) in [7, 11) is -5.71. The first-order chi connectivity index (χ1) is 9.08. The maximum absolute atomic E-state index is 9.98. The Kier molecular flexibility index (Phi) is 2.32. The van der Waals surface area contributed by atoms with Gasteiger partial charge in [0.1, 0.15) is 0 Å². The zero-order valence-electron chi connectivity index (χ0n) is 9.41. The molecule has 2 heterocycles. The second-order valence-electron chi connectivity index (χ2n) is 4.32. The van der Waals surface area contributed by atoms with Crippen molar-refractivity contribution < 1.29 is 23.9 Å². The first-order valence-electron chi connectivity index (χ1n) is 5.49. The van der Waals surface area contributed by atoms with Crippen LogP contribution in [-0.2, 0) is 9.25 Å². The fourth-order valence-corrected chi connectivity index (χ4v) is 4.56. The molecule has 5 N–H and O–H groups in total. The molecule has 1 unspecified atom stereocenters. The summed E-state index contributed by atoms with van der Waals surface area (Å²) in [4.78, 5) is 29.8. The van der Waals surface area contributed by atoms with Crippen molar-refractivity contribution in [2.75, 3.05) is 11.0 Å². The molecule has 0 fully saturated rings. The summed E-state index contributed by atoms with van der Waals surface area (Å²) < 4.78 is 10.0. The van der Waals surface area contributed by atoms with Crippen LogP contribution in [0.5, 0.6) is 0 Å². The quantitative estimate of drug-likeness (QED) is 0.454. The molecule has 2 aliphatic rings. The van der Waals surface area contributed by atoms with Crippen molar-refractivity contribution in [2.45, 2.75) is 0 Å². The number of rotatable bonds is 0. The zero-order chi connectivity index (χ0) is 13.2. The van der Waals surface area contributed by atoms with Gasteiger partial charge in [-0.15, -0.1) is 0 Å². The summed E-state index contributed by atoms with van der Waals surface area (Å²) in [6.07, 6.45) is 0. The molecule has 0 saturated carbocycles. The van der Waals surface area contributed by atoms with Gasteiger partial charge in [0, 0.05) is 0 Å². The van der Waals surface area contributed by atoms with Crippen molar-refractivity contribution >= 4 is 49.1 Å². The Balaban J connectivity index is 2.18. The van der Waals surface area contributed by atoms with Crippen molar-refractivity contribution in [1.82, 2.24) is 0 Å². The first kappa shape index (κ1) is 11.8. The van der Waals surface area contributed by atoms with Crippen LogP contribution >= 0.6 is 16.3 Å².